The molecule has 1 unspecified atom stereocenters. The van der Waals surface area contributed by atoms with Gasteiger partial charge in [-0.25, -0.2) is 4.79 Å². The van der Waals surface area contributed by atoms with Crippen LogP contribution in [0.3, 0.4) is 0 Å². The van der Waals surface area contributed by atoms with Gasteiger partial charge in [0.1, 0.15) is 0 Å². The number of imidazole rings is 1. The summed E-state index contributed by atoms with van der Waals surface area (Å²) in [5.41, 5.74) is 7.36. The van der Waals surface area contributed by atoms with E-state index in [-0.39, 0.29) is 30.0 Å². The molecular formula is C15H21ClN4O2. The Morgan fingerprint density at radius 1 is 1.32 bits per heavy atom. The minimum atomic E-state index is -0.461. The summed E-state index contributed by atoms with van der Waals surface area (Å²) in [7, 11) is 0. The van der Waals surface area contributed by atoms with E-state index in [2.05, 4.69) is 4.98 Å². The molecule has 0 bridgehead atoms. The van der Waals surface area contributed by atoms with Crippen LogP contribution in [0, 0.1) is 0 Å². The number of aromatic amines is 1. The lowest BCUT2D eigenvalue weighted by Crippen LogP contribution is -2.46. The van der Waals surface area contributed by atoms with Gasteiger partial charge in [-0.1, -0.05) is 12.1 Å². The van der Waals surface area contributed by atoms with Gasteiger partial charge in [0, 0.05) is 19.1 Å². The molecular weight excluding hydrogens is 304 g/mol. The van der Waals surface area contributed by atoms with Crippen LogP contribution >= 0.6 is 12.4 Å². The maximum absolute atomic E-state index is 12.2. The highest BCUT2D eigenvalue weighted by atomic mass is 35.5. The molecule has 3 rings (SSSR count). The fourth-order valence-corrected chi connectivity index (χ4v) is 3.07. The van der Waals surface area contributed by atoms with E-state index < -0.39 is 6.04 Å². The number of aromatic nitrogens is 2. The molecule has 22 heavy (non-hydrogen) atoms. The van der Waals surface area contributed by atoms with Gasteiger partial charge in [0.05, 0.1) is 17.1 Å². The van der Waals surface area contributed by atoms with Gasteiger partial charge in [-0.05, 0) is 31.9 Å². The van der Waals surface area contributed by atoms with E-state index in [1.54, 1.807) is 11.8 Å². The smallest absolute Gasteiger partial charge is 0.326 e. The highest BCUT2D eigenvalue weighted by Crippen LogP contribution is 2.24. The Kier molecular flexibility index (Phi) is 4.93. The number of H-pyrrole nitrogens is 1. The fourth-order valence-electron chi connectivity index (χ4n) is 3.07. The summed E-state index contributed by atoms with van der Waals surface area (Å²) in [4.78, 5) is 28.7. The monoisotopic (exact) mass is 324 g/mol. The molecule has 0 aliphatic carbocycles. The molecule has 0 spiro atoms. The molecule has 1 aromatic carbocycles. The van der Waals surface area contributed by atoms with E-state index in [0.717, 1.165) is 23.9 Å². The third kappa shape index (κ3) is 2.89. The first kappa shape index (κ1) is 16.6. The molecule has 7 heteroatoms. The number of nitrogens with two attached hydrogens (primary N) is 1. The zero-order chi connectivity index (χ0) is 15.0. The standard InChI is InChI=1S/C15H20N4O2.ClH/c1-10(16)14(20)18-8-6-11(7-9-18)19-13-5-3-2-4-12(13)17-15(19)21;/h2-5,10-11H,6-9,16H2,1H3,(H,17,21);1H. The second-order valence-corrected chi connectivity index (χ2v) is 5.66. The SMILES string of the molecule is CC(N)C(=O)N1CCC(n2c(=O)[nH]c3ccccc32)CC1.Cl. The summed E-state index contributed by atoms with van der Waals surface area (Å²) >= 11 is 0. The average Bonchev–Trinajstić information content (AvgIpc) is 2.82. The molecule has 2 heterocycles. The van der Waals surface area contributed by atoms with Crippen LogP contribution in [0.15, 0.2) is 29.1 Å². The Labute approximate surface area is 134 Å². The van der Waals surface area contributed by atoms with Crippen LogP contribution in [0.1, 0.15) is 25.8 Å². The van der Waals surface area contributed by atoms with E-state index in [1.807, 2.05) is 28.8 Å². The van der Waals surface area contributed by atoms with Crippen LogP contribution in [0.5, 0.6) is 0 Å². The average molecular weight is 325 g/mol. The largest absolute Gasteiger partial charge is 0.341 e. The second-order valence-electron chi connectivity index (χ2n) is 5.66. The number of piperidine rings is 1. The highest BCUT2D eigenvalue weighted by Gasteiger charge is 2.27. The molecule has 1 aliphatic rings. The second kappa shape index (κ2) is 6.54. The molecule has 1 atom stereocenters. The third-order valence-electron chi connectivity index (χ3n) is 4.15. The molecule has 1 aliphatic heterocycles. The number of nitrogens with zero attached hydrogens (tertiary/aromatic N) is 2. The Balaban J connectivity index is 0.00000176. The van der Waals surface area contributed by atoms with Crippen LogP contribution in [-0.2, 0) is 4.79 Å². The van der Waals surface area contributed by atoms with E-state index in [0.29, 0.717) is 13.1 Å². The predicted octanol–water partition coefficient (Wildman–Crippen LogP) is 1.26. The van der Waals surface area contributed by atoms with Crippen molar-refractivity contribution in [3.05, 3.63) is 34.7 Å². The Morgan fingerprint density at radius 2 is 1.95 bits per heavy atom. The van der Waals surface area contributed by atoms with Crippen molar-refractivity contribution in [1.82, 2.24) is 14.5 Å². The summed E-state index contributed by atoms with van der Waals surface area (Å²) in [6.45, 7) is 3.01. The third-order valence-corrected chi connectivity index (χ3v) is 4.15. The fraction of sp³-hybridized carbons (Fsp3) is 0.467. The molecule has 0 saturated carbocycles. The Morgan fingerprint density at radius 3 is 2.59 bits per heavy atom. The summed E-state index contributed by atoms with van der Waals surface area (Å²) in [6.07, 6.45) is 1.56. The summed E-state index contributed by atoms with van der Waals surface area (Å²) in [5, 5.41) is 0. The van der Waals surface area contributed by atoms with E-state index >= 15 is 0 Å². The van der Waals surface area contributed by atoms with Gasteiger partial charge in [-0.3, -0.25) is 9.36 Å². The molecule has 120 valence electrons. The van der Waals surface area contributed by atoms with Crippen LogP contribution in [0.25, 0.3) is 11.0 Å². The van der Waals surface area contributed by atoms with Gasteiger partial charge in [0.25, 0.3) is 0 Å². The zero-order valence-corrected chi connectivity index (χ0v) is 13.3. The van der Waals surface area contributed by atoms with Crippen molar-refractivity contribution in [1.29, 1.82) is 0 Å². The summed E-state index contributed by atoms with van der Waals surface area (Å²) < 4.78 is 1.82. The van der Waals surface area contributed by atoms with Crippen molar-refractivity contribution in [2.24, 2.45) is 5.73 Å². The van der Waals surface area contributed by atoms with Gasteiger partial charge < -0.3 is 15.6 Å². The first-order valence-electron chi connectivity index (χ1n) is 7.31. The quantitative estimate of drug-likeness (QED) is 0.872. The number of hydrogen-bond acceptors (Lipinski definition) is 3. The lowest BCUT2D eigenvalue weighted by Gasteiger charge is -2.33. The van der Waals surface area contributed by atoms with Crippen molar-refractivity contribution >= 4 is 29.3 Å². The highest BCUT2D eigenvalue weighted by molar-refractivity contribution is 5.85. The van der Waals surface area contributed by atoms with Gasteiger partial charge in [0.15, 0.2) is 0 Å². The minimum Gasteiger partial charge on any atom is -0.341 e. The number of hydrogen-bond donors (Lipinski definition) is 2. The number of amides is 1. The lowest BCUT2D eigenvalue weighted by molar-refractivity contribution is -0.133. The molecule has 0 radical (unpaired) electrons. The topological polar surface area (TPSA) is 84.1 Å². The molecule has 3 N–H and O–H groups in total. The zero-order valence-electron chi connectivity index (χ0n) is 12.5. The predicted molar refractivity (Wildman–Crippen MR) is 88.3 cm³/mol. The first-order valence-corrected chi connectivity index (χ1v) is 7.31. The first-order chi connectivity index (χ1) is 10.1. The molecule has 1 amide bonds. The van der Waals surface area contributed by atoms with E-state index in [1.165, 1.54) is 0 Å². The number of rotatable bonds is 2. The number of carbonyl (C=O) groups excluding carboxylic acids is 1. The van der Waals surface area contributed by atoms with Gasteiger partial charge in [0.2, 0.25) is 5.91 Å². The van der Waals surface area contributed by atoms with Crippen molar-refractivity contribution in [3.63, 3.8) is 0 Å². The van der Waals surface area contributed by atoms with Gasteiger partial charge in [-0.2, -0.15) is 0 Å². The van der Waals surface area contributed by atoms with E-state index in [9.17, 15) is 9.59 Å². The van der Waals surface area contributed by atoms with Gasteiger partial charge >= 0.3 is 5.69 Å². The summed E-state index contributed by atoms with van der Waals surface area (Å²) in [6, 6.07) is 7.37. The van der Waals surface area contributed by atoms with Crippen molar-refractivity contribution in [2.45, 2.75) is 31.8 Å². The number of halogens is 1. The van der Waals surface area contributed by atoms with Crippen molar-refractivity contribution < 1.29 is 4.79 Å². The molecule has 2 aromatic rings. The Hall–Kier alpha value is -1.79. The number of likely N-dealkylation sites (tertiary alicyclic amines) is 1. The van der Waals surface area contributed by atoms with E-state index in [4.69, 9.17) is 5.73 Å². The van der Waals surface area contributed by atoms with Crippen LogP contribution in [0.2, 0.25) is 0 Å². The van der Waals surface area contributed by atoms with Crippen molar-refractivity contribution in [2.75, 3.05) is 13.1 Å². The number of fused-ring (bicyclic) bond motifs is 1. The number of carbonyl (C=O) groups is 1. The number of para-hydroxylation sites is 2. The Bertz CT molecular complexity index is 714. The maximum atomic E-state index is 12.2. The van der Waals surface area contributed by atoms with Crippen molar-refractivity contribution in [3.8, 4) is 0 Å². The van der Waals surface area contributed by atoms with Crippen LogP contribution in [0.4, 0.5) is 0 Å². The molecule has 6 nitrogen and oxygen atoms in total. The normalized spacial score (nSPS) is 17.3. The summed E-state index contributed by atoms with van der Waals surface area (Å²) in [5.74, 6) is -0.0141. The van der Waals surface area contributed by atoms with Crippen LogP contribution < -0.4 is 11.4 Å². The number of nitrogens with one attached hydrogen (secondary N) is 1. The molecule has 1 saturated heterocycles. The van der Waals surface area contributed by atoms with Crippen LogP contribution in [-0.4, -0.2) is 39.5 Å². The number of benzene rings is 1. The lowest BCUT2D eigenvalue weighted by atomic mass is 10.0. The molecule has 1 aromatic heterocycles. The maximum Gasteiger partial charge on any atom is 0.326 e. The minimum absolute atomic E-state index is 0. The molecule has 1 fully saturated rings. The van der Waals surface area contributed by atoms with Gasteiger partial charge in [-0.15, -0.1) is 12.4 Å².